The van der Waals surface area contributed by atoms with Crippen LogP contribution in [-0.2, 0) is 6.42 Å². The van der Waals surface area contributed by atoms with Crippen molar-refractivity contribution in [3.05, 3.63) is 36.0 Å². The minimum Gasteiger partial charge on any atom is -0.287 e. The molecular formula is C18H25NO. The summed E-state index contributed by atoms with van der Waals surface area (Å²) in [6.07, 6.45) is 11.0. The van der Waals surface area contributed by atoms with Gasteiger partial charge >= 0.3 is 0 Å². The van der Waals surface area contributed by atoms with E-state index in [1.807, 2.05) is 12.3 Å². The third-order valence-electron chi connectivity index (χ3n) is 3.91. The highest BCUT2D eigenvalue weighted by Crippen LogP contribution is 2.19. The topological polar surface area (TPSA) is 22.0 Å². The third kappa shape index (κ3) is 3.72. The van der Waals surface area contributed by atoms with E-state index in [1.54, 1.807) is 11.5 Å². The van der Waals surface area contributed by atoms with Gasteiger partial charge in [-0.15, -0.1) is 0 Å². The zero-order chi connectivity index (χ0) is 14.4. The normalized spacial score (nSPS) is 11.1. The number of aromatic nitrogens is 1. The molecule has 108 valence electrons. The first-order chi connectivity index (χ1) is 9.72. The monoisotopic (exact) mass is 271 g/mol. The van der Waals surface area contributed by atoms with E-state index in [0.29, 0.717) is 0 Å². The second kappa shape index (κ2) is 7.28. The van der Waals surface area contributed by atoms with Crippen molar-refractivity contribution in [3.8, 4) is 0 Å². The minimum atomic E-state index is 0.0728. The Kier molecular flexibility index (Phi) is 5.40. The van der Waals surface area contributed by atoms with Gasteiger partial charge in [0.15, 0.2) is 0 Å². The Balaban J connectivity index is 1.90. The van der Waals surface area contributed by atoms with E-state index in [4.69, 9.17) is 0 Å². The molecule has 2 nitrogen and oxygen atoms in total. The average Bonchev–Trinajstić information content (AvgIpc) is 2.86. The van der Waals surface area contributed by atoms with Crippen molar-refractivity contribution in [3.63, 3.8) is 0 Å². The lowest BCUT2D eigenvalue weighted by molar-refractivity contribution is 0.0941. The summed E-state index contributed by atoms with van der Waals surface area (Å²) in [5, 5.41) is 1.17. The molecule has 0 bridgehead atoms. The molecule has 0 atom stereocenters. The number of rotatable bonds is 7. The molecule has 0 aliphatic rings. The van der Waals surface area contributed by atoms with Crippen molar-refractivity contribution < 1.29 is 4.79 Å². The lowest BCUT2D eigenvalue weighted by Crippen LogP contribution is -2.02. The number of carbonyl (C=O) groups is 1. The maximum atomic E-state index is 11.5. The maximum absolute atomic E-state index is 11.5. The summed E-state index contributed by atoms with van der Waals surface area (Å²) in [5.41, 5.74) is 2.40. The summed E-state index contributed by atoms with van der Waals surface area (Å²) in [7, 11) is 0. The van der Waals surface area contributed by atoms with Gasteiger partial charge in [-0.2, -0.15) is 0 Å². The van der Waals surface area contributed by atoms with Gasteiger partial charge in [-0.1, -0.05) is 45.1 Å². The lowest BCUT2D eigenvalue weighted by atomic mass is 10.0. The molecule has 1 aromatic carbocycles. The Morgan fingerprint density at radius 3 is 2.55 bits per heavy atom. The molecule has 0 saturated heterocycles. The minimum absolute atomic E-state index is 0.0728. The van der Waals surface area contributed by atoms with Crippen molar-refractivity contribution in [2.45, 2.75) is 58.8 Å². The first-order valence-electron chi connectivity index (χ1n) is 7.83. The summed E-state index contributed by atoms with van der Waals surface area (Å²) < 4.78 is 1.71. The van der Waals surface area contributed by atoms with Crippen molar-refractivity contribution >= 4 is 16.8 Å². The molecule has 2 aromatic rings. The van der Waals surface area contributed by atoms with Gasteiger partial charge in [-0.25, -0.2) is 0 Å². The number of benzene rings is 1. The molecule has 20 heavy (non-hydrogen) atoms. The fourth-order valence-electron chi connectivity index (χ4n) is 2.73. The van der Waals surface area contributed by atoms with Crippen LogP contribution in [0.5, 0.6) is 0 Å². The van der Waals surface area contributed by atoms with Gasteiger partial charge in [0, 0.05) is 18.5 Å². The predicted octanol–water partition coefficient (Wildman–Crippen LogP) is 5.20. The van der Waals surface area contributed by atoms with Gasteiger partial charge in [0.2, 0.25) is 5.91 Å². The second-order valence-electron chi connectivity index (χ2n) is 5.62. The van der Waals surface area contributed by atoms with Crippen molar-refractivity contribution in [2.24, 2.45) is 0 Å². The standard InChI is InChI=1S/C18H25NO/c1-3-4-5-6-7-8-9-16-10-11-18-17(14-16)12-13-19(18)15(2)20/h10-14H,3-9H2,1-2H3. The maximum Gasteiger partial charge on any atom is 0.227 e. The number of fused-ring (bicyclic) bond motifs is 1. The largest absolute Gasteiger partial charge is 0.287 e. The van der Waals surface area contributed by atoms with Crippen LogP contribution < -0.4 is 0 Å². The van der Waals surface area contributed by atoms with Gasteiger partial charge in [0.25, 0.3) is 0 Å². The van der Waals surface area contributed by atoms with E-state index < -0.39 is 0 Å². The number of hydrogen-bond acceptors (Lipinski definition) is 1. The van der Waals surface area contributed by atoms with Gasteiger partial charge in [-0.05, 0) is 36.6 Å². The fraction of sp³-hybridized carbons (Fsp3) is 0.500. The zero-order valence-electron chi connectivity index (χ0n) is 12.7. The van der Waals surface area contributed by atoms with E-state index in [0.717, 1.165) is 11.9 Å². The van der Waals surface area contributed by atoms with E-state index in [2.05, 4.69) is 25.1 Å². The predicted molar refractivity (Wildman–Crippen MR) is 85.3 cm³/mol. The van der Waals surface area contributed by atoms with E-state index >= 15 is 0 Å². The van der Waals surface area contributed by atoms with Gasteiger partial charge in [-0.3, -0.25) is 9.36 Å². The number of hydrogen-bond donors (Lipinski definition) is 0. The van der Waals surface area contributed by atoms with Gasteiger partial charge < -0.3 is 0 Å². The molecule has 0 aliphatic heterocycles. The van der Waals surface area contributed by atoms with Gasteiger partial charge in [0.05, 0.1) is 5.52 Å². The molecule has 0 fully saturated rings. The molecule has 0 unspecified atom stereocenters. The Hall–Kier alpha value is -1.57. The van der Waals surface area contributed by atoms with Gasteiger partial charge in [0.1, 0.15) is 0 Å². The molecule has 0 radical (unpaired) electrons. The highest BCUT2D eigenvalue weighted by Gasteiger charge is 2.05. The SMILES string of the molecule is CCCCCCCCc1ccc2c(ccn2C(C)=O)c1. The van der Waals surface area contributed by atoms with Crippen LogP contribution >= 0.6 is 0 Å². The summed E-state index contributed by atoms with van der Waals surface area (Å²) in [6.45, 7) is 3.85. The fourth-order valence-corrected chi connectivity index (χ4v) is 2.73. The van der Waals surface area contributed by atoms with Crippen LogP contribution in [0.3, 0.4) is 0 Å². The van der Waals surface area contributed by atoms with Crippen LogP contribution in [0.15, 0.2) is 30.5 Å². The summed E-state index contributed by atoms with van der Waals surface area (Å²) in [6, 6.07) is 8.49. The number of unbranched alkanes of at least 4 members (excludes halogenated alkanes) is 5. The quantitative estimate of drug-likeness (QED) is 0.634. The number of nitrogens with zero attached hydrogens (tertiary/aromatic N) is 1. The van der Waals surface area contributed by atoms with Crippen LogP contribution in [-0.4, -0.2) is 10.5 Å². The third-order valence-corrected chi connectivity index (χ3v) is 3.91. The highest BCUT2D eigenvalue weighted by atomic mass is 16.1. The number of carbonyl (C=O) groups excluding carboxylic acids is 1. The van der Waals surface area contributed by atoms with E-state index in [9.17, 15) is 4.79 Å². The zero-order valence-corrected chi connectivity index (χ0v) is 12.7. The number of aryl methyl sites for hydroxylation is 1. The van der Waals surface area contributed by atoms with Crippen LogP contribution in [0.25, 0.3) is 10.9 Å². The molecule has 0 aliphatic carbocycles. The molecule has 2 heteroatoms. The van der Waals surface area contributed by atoms with E-state index in [-0.39, 0.29) is 5.91 Å². The molecule has 1 heterocycles. The molecule has 2 rings (SSSR count). The van der Waals surface area contributed by atoms with Crippen molar-refractivity contribution in [2.75, 3.05) is 0 Å². The first kappa shape index (κ1) is 14.8. The molecule has 0 N–H and O–H groups in total. The summed E-state index contributed by atoms with van der Waals surface area (Å²) in [5.74, 6) is 0.0728. The second-order valence-corrected chi connectivity index (χ2v) is 5.62. The highest BCUT2D eigenvalue weighted by molar-refractivity contribution is 5.91. The van der Waals surface area contributed by atoms with Crippen LogP contribution in [0.2, 0.25) is 0 Å². The average molecular weight is 271 g/mol. The smallest absolute Gasteiger partial charge is 0.227 e. The Morgan fingerprint density at radius 1 is 1.05 bits per heavy atom. The first-order valence-corrected chi connectivity index (χ1v) is 7.83. The summed E-state index contributed by atoms with van der Waals surface area (Å²) >= 11 is 0. The molecule has 0 amide bonds. The van der Waals surface area contributed by atoms with Crippen LogP contribution in [0.1, 0.15) is 62.7 Å². The van der Waals surface area contributed by atoms with Crippen LogP contribution in [0, 0.1) is 0 Å². The Bertz CT molecular complexity index is 568. The van der Waals surface area contributed by atoms with Crippen molar-refractivity contribution in [1.82, 2.24) is 4.57 Å². The van der Waals surface area contributed by atoms with Crippen LogP contribution in [0.4, 0.5) is 0 Å². The van der Waals surface area contributed by atoms with Crippen molar-refractivity contribution in [1.29, 1.82) is 0 Å². The van der Waals surface area contributed by atoms with E-state index in [1.165, 1.54) is 49.5 Å². The molecule has 1 aromatic heterocycles. The Morgan fingerprint density at radius 2 is 1.80 bits per heavy atom. The Labute approximate surface area is 121 Å². The molecule has 0 saturated carbocycles. The molecule has 0 spiro atoms. The molecular weight excluding hydrogens is 246 g/mol. The summed E-state index contributed by atoms with van der Waals surface area (Å²) in [4.78, 5) is 11.5. The lowest BCUT2D eigenvalue weighted by Gasteiger charge is -2.04.